The van der Waals surface area contributed by atoms with Crippen LogP contribution < -0.4 is 0 Å². The highest BCUT2D eigenvalue weighted by Gasteiger charge is 2.00. The number of rotatable bonds is 6. The average Bonchev–Trinajstić information content (AvgIpc) is 2.48. The minimum Gasteiger partial charge on any atom is -0.0984 e. The molecule has 0 saturated carbocycles. The van der Waals surface area contributed by atoms with Crippen molar-refractivity contribution in [2.75, 3.05) is 0 Å². The monoisotopic (exact) mass is 266 g/mol. The summed E-state index contributed by atoms with van der Waals surface area (Å²) in [4.78, 5) is 0. The van der Waals surface area contributed by atoms with E-state index in [1.165, 1.54) is 27.8 Å². The molecule has 0 aliphatic carbocycles. The quantitative estimate of drug-likeness (QED) is 0.521. The van der Waals surface area contributed by atoms with Gasteiger partial charge in [0.15, 0.2) is 0 Å². The summed E-state index contributed by atoms with van der Waals surface area (Å²) in [5.74, 6) is 0. The minimum atomic E-state index is 1.05. The summed E-state index contributed by atoms with van der Waals surface area (Å²) in [6.07, 6.45) is 10.8. The van der Waals surface area contributed by atoms with E-state index in [9.17, 15) is 0 Å². The van der Waals surface area contributed by atoms with Gasteiger partial charge in [0.2, 0.25) is 0 Å². The molecule has 0 aliphatic rings. The fraction of sp³-hybridized carbons (Fsp3) is 0.300. The molecule has 0 amide bonds. The lowest BCUT2D eigenvalue weighted by atomic mass is 9.99. The molecule has 0 aromatic heterocycles. The van der Waals surface area contributed by atoms with Gasteiger partial charge in [-0.2, -0.15) is 0 Å². The number of hydrogen-bond donors (Lipinski definition) is 0. The minimum absolute atomic E-state index is 1.05. The van der Waals surface area contributed by atoms with Gasteiger partial charge in [0.25, 0.3) is 0 Å². The van der Waals surface area contributed by atoms with Gasteiger partial charge in [0.05, 0.1) is 0 Å². The summed E-state index contributed by atoms with van der Waals surface area (Å²) < 4.78 is 0. The molecular weight excluding hydrogens is 240 g/mol. The van der Waals surface area contributed by atoms with Crippen LogP contribution in [0.25, 0.3) is 12.2 Å². The van der Waals surface area contributed by atoms with Gasteiger partial charge in [-0.05, 0) is 49.0 Å². The van der Waals surface area contributed by atoms with E-state index in [-0.39, 0.29) is 0 Å². The van der Waals surface area contributed by atoms with Crippen molar-refractivity contribution >= 4 is 12.2 Å². The molecular formula is C20H26. The van der Waals surface area contributed by atoms with Crippen LogP contribution in [0.1, 0.15) is 51.7 Å². The van der Waals surface area contributed by atoms with Crippen LogP contribution in [0.2, 0.25) is 0 Å². The maximum atomic E-state index is 3.88. The Hall–Kier alpha value is -1.82. The van der Waals surface area contributed by atoms with Gasteiger partial charge < -0.3 is 0 Å². The standard InChI is InChI=1S/C20H26/c1-6-16(4)13-14-18(7-2)17(5)15-20-12-10-9-11-19(20)8-3/h8-15H,3,6-7H2,1-2,4-5H3/b16-13-,17-15+,18-14+. The molecule has 106 valence electrons. The fourth-order valence-electron chi connectivity index (χ4n) is 2.04. The van der Waals surface area contributed by atoms with Gasteiger partial charge in [0.1, 0.15) is 0 Å². The van der Waals surface area contributed by atoms with Crippen LogP contribution in [0.3, 0.4) is 0 Å². The molecule has 1 aromatic rings. The zero-order valence-corrected chi connectivity index (χ0v) is 13.2. The Bertz CT molecular complexity index is 539. The largest absolute Gasteiger partial charge is 0.0984 e. The molecule has 20 heavy (non-hydrogen) atoms. The Kier molecular flexibility index (Phi) is 6.79. The van der Waals surface area contributed by atoms with Crippen LogP contribution in [0.15, 0.2) is 59.7 Å². The van der Waals surface area contributed by atoms with Crippen LogP contribution in [0.5, 0.6) is 0 Å². The molecule has 0 N–H and O–H groups in total. The lowest BCUT2D eigenvalue weighted by Gasteiger charge is -2.07. The molecule has 0 aliphatic heterocycles. The van der Waals surface area contributed by atoms with Crippen molar-refractivity contribution in [3.63, 3.8) is 0 Å². The topological polar surface area (TPSA) is 0 Å². The number of hydrogen-bond acceptors (Lipinski definition) is 0. The van der Waals surface area contributed by atoms with Crippen molar-refractivity contribution in [1.82, 2.24) is 0 Å². The Labute approximate surface area is 124 Å². The molecule has 0 heterocycles. The summed E-state index contributed by atoms with van der Waals surface area (Å²) in [6, 6.07) is 8.36. The molecule has 0 bridgehead atoms. The summed E-state index contributed by atoms with van der Waals surface area (Å²) >= 11 is 0. The van der Waals surface area contributed by atoms with Crippen LogP contribution >= 0.6 is 0 Å². The summed E-state index contributed by atoms with van der Waals surface area (Å²) in [5.41, 5.74) is 6.53. The molecule has 0 atom stereocenters. The Morgan fingerprint density at radius 3 is 2.20 bits per heavy atom. The van der Waals surface area contributed by atoms with Crippen molar-refractivity contribution in [2.45, 2.75) is 40.5 Å². The predicted octanol–water partition coefficient (Wildman–Crippen LogP) is 6.43. The zero-order chi connectivity index (χ0) is 15.0. The average molecular weight is 266 g/mol. The van der Waals surface area contributed by atoms with Gasteiger partial charge in [-0.1, -0.05) is 74.6 Å². The molecule has 0 unspecified atom stereocenters. The van der Waals surface area contributed by atoms with Crippen LogP contribution in [0.4, 0.5) is 0 Å². The van der Waals surface area contributed by atoms with Crippen molar-refractivity contribution in [1.29, 1.82) is 0 Å². The van der Waals surface area contributed by atoms with E-state index < -0.39 is 0 Å². The normalized spacial score (nSPS) is 13.5. The molecule has 0 fully saturated rings. The first-order chi connectivity index (χ1) is 9.62. The third-order valence-corrected chi connectivity index (χ3v) is 3.60. The Morgan fingerprint density at radius 1 is 1.00 bits per heavy atom. The summed E-state index contributed by atoms with van der Waals surface area (Å²) in [6.45, 7) is 12.6. The molecule has 0 spiro atoms. The molecule has 0 nitrogen and oxygen atoms in total. The lowest BCUT2D eigenvalue weighted by Crippen LogP contribution is -1.86. The SMILES string of the molecule is C=Cc1ccccc1/C=C(C)/C(=C/C=C(/C)CC)CC. The van der Waals surface area contributed by atoms with E-state index >= 15 is 0 Å². The van der Waals surface area contributed by atoms with E-state index in [4.69, 9.17) is 0 Å². The molecule has 1 rings (SSSR count). The highest BCUT2D eigenvalue weighted by Crippen LogP contribution is 2.20. The van der Waals surface area contributed by atoms with E-state index in [0.717, 1.165) is 12.8 Å². The van der Waals surface area contributed by atoms with E-state index in [2.05, 4.69) is 70.7 Å². The first kappa shape index (κ1) is 16.2. The summed E-state index contributed by atoms with van der Waals surface area (Å²) in [5, 5.41) is 0. The molecule has 0 heteroatoms. The van der Waals surface area contributed by atoms with Crippen LogP contribution in [0, 0.1) is 0 Å². The number of benzene rings is 1. The van der Waals surface area contributed by atoms with Gasteiger partial charge >= 0.3 is 0 Å². The van der Waals surface area contributed by atoms with E-state index in [0.29, 0.717) is 0 Å². The Balaban J connectivity index is 3.10. The van der Waals surface area contributed by atoms with Crippen molar-refractivity contribution < 1.29 is 0 Å². The first-order valence-electron chi connectivity index (χ1n) is 7.38. The van der Waals surface area contributed by atoms with Gasteiger partial charge in [-0.25, -0.2) is 0 Å². The lowest BCUT2D eigenvalue weighted by molar-refractivity contribution is 1.08. The van der Waals surface area contributed by atoms with E-state index in [1.54, 1.807) is 0 Å². The predicted molar refractivity (Wildman–Crippen MR) is 92.6 cm³/mol. The molecule has 0 saturated heterocycles. The second kappa shape index (κ2) is 8.37. The first-order valence-corrected chi connectivity index (χ1v) is 7.38. The van der Waals surface area contributed by atoms with Gasteiger partial charge in [-0.15, -0.1) is 0 Å². The highest BCUT2D eigenvalue weighted by atomic mass is 14.0. The maximum absolute atomic E-state index is 3.88. The molecule has 0 radical (unpaired) electrons. The van der Waals surface area contributed by atoms with Crippen molar-refractivity contribution in [3.05, 3.63) is 70.8 Å². The fourth-order valence-corrected chi connectivity index (χ4v) is 2.04. The third kappa shape index (κ3) is 4.70. The van der Waals surface area contributed by atoms with Crippen molar-refractivity contribution in [2.24, 2.45) is 0 Å². The number of allylic oxidation sites excluding steroid dienone is 5. The molecule has 1 aromatic carbocycles. The van der Waals surface area contributed by atoms with Crippen molar-refractivity contribution in [3.8, 4) is 0 Å². The Morgan fingerprint density at radius 2 is 1.65 bits per heavy atom. The van der Waals surface area contributed by atoms with Gasteiger partial charge in [0, 0.05) is 0 Å². The second-order valence-corrected chi connectivity index (χ2v) is 5.07. The van der Waals surface area contributed by atoms with Crippen LogP contribution in [-0.2, 0) is 0 Å². The third-order valence-electron chi connectivity index (χ3n) is 3.60. The zero-order valence-electron chi connectivity index (χ0n) is 13.2. The van der Waals surface area contributed by atoms with E-state index in [1.807, 2.05) is 12.1 Å². The smallest absolute Gasteiger partial charge is 0.0182 e. The second-order valence-electron chi connectivity index (χ2n) is 5.07. The maximum Gasteiger partial charge on any atom is -0.0182 e. The van der Waals surface area contributed by atoms with Gasteiger partial charge in [-0.3, -0.25) is 0 Å². The highest BCUT2D eigenvalue weighted by molar-refractivity contribution is 5.67. The summed E-state index contributed by atoms with van der Waals surface area (Å²) in [7, 11) is 0. The van der Waals surface area contributed by atoms with Crippen LogP contribution in [-0.4, -0.2) is 0 Å².